The van der Waals surface area contributed by atoms with Crippen LogP contribution in [-0.2, 0) is 11.3 Å². The molecule has 5 nitrogen and oxygen atoms in total. The molecule has 0 fully saturated rings. The van der Waals surface area contributed by atoms with Crippen molar-refractivity contribution in [3.05, 3.63) is 36.1 Å². The minimum absolute atomic E-state index is 0.139. The third-order valence-corrected chi connectivity index (χ3v) is 3.90. The number of nitrogens with one attached hydrogen (secondary N) is 1. The van der Waals surface area contributed by atoms with Crippen LogP contribution in [0, 0.1) is 0 Å². The highest BCUT2D eigenvalue weighted by atomic mass is 16.5. The molecular weight excluding hydrogens is 292 g/mol. The van der Waals surface area contributed by atoms with E-state index >= 15 is 0 Å². The summed E-state index contributed by atoms with van der Waals surface area (Å²) in [6, 6.07) is 10.0. The summed E-state index contributed by atoms with van der Waals surface area (Å²) in [5.74, 6) is 1.62. The van der Waals surface area contributed by atoms with Gasteiger partial charge < -0.3 is 19.3 Å². The first kappa shape index (κ1) is 17.5. The summed E-state index contributed by atoms with van der Waals surface area (Å²) in [6.07, 6.45) is 0.917. The zero-order valence-electron chi connectivity index (χ0n) is 14.6. The number of hydrogen-bond donors (Lipinski definition) is 1. The van der Waals surface area contributed by atoms with Gasteiger partial charge in [0.2, 0.25) is 0 Å². The second-order valence-corrected chi connectivity index (χ2v) is 6.36. The van der Waals surface area contributed by atoms with Gasteiger partial charge in [0.15, 0.2) is 5.76 Å². The van der Waals surface area contributed by atoms with Gasteiger partial charge in [0.1, 0.15) is 11.4 Å². The average Bonchev–Trinajstić information content (AvgIpc) is 3.01. The Morgan fingerprint density at radius 3 is 2.74 bits per heavy atom. The van der Waals surface area contributed by atoms with E-state index in [-0.39, 0.29) is 5.60 Å². The van der Waals surface area contributed by atoms with Crippen LogP contribution in [0.1, 0.15) is 33.0 Å². The van der Waals surface area contributed by atoms with Crippen molar-refractivity contribution in [2.75, 3.05) is 14.2 Å². The first-order chi connectivity index (χ1) is 10.9. The molecule has 126 valence electrons. The molecule has 0 spiro atoms. The van der Waals surface area contributed by atoms with Crippen LogP contribution in [0.5, 0.6) is 5.75 Å². The Kier molecular flexibility index (Phi) is 5.80. The highest BCUT2D eigenvalue weighted by molar-refractivity contribution is 5.60. The van der Waals surface area contributed by atoms with Crippen LogP contribution in [0.15, 0.2) is 34.9 Å². The molecule has 0 bridgehead atoms. The first-order valence-corrected chi connectivity index (χ1v) is 7.82. The first-order valence-electron chi connectivity index (χ1n) is 7.82. The molecule has 23 heavy (non-hydrogen) atoms. The Morgan fingerprint density at radius 1 is 1.26 bits per heavy atom. The highest BCUT2D eigenvalue weighted by Crippen LogP contribution is 2.23. The largest absolute Gasteiger partial charge is 0.497 e. The molecule has 1 aromatic heterocycles. The molecule has 0 saturated carbocycles. The molecule has 1 N–H and O–H groups in total. The van der Waals surface area contributed by atoms with E-state index in [2.05, 4.69) is 31.2 Å². The maximum Gasteiger partial charge on any atom is 0.151 e. The van der Waals surface area contributed by atoms with Gasteiger partial charge in [-0.05, 0) is 39.3 Å². The Balaban J connectivity index is 1.94. The number of ether oxygens (including phenoxy) is 2. The normalized spacial score (nSPS) is 13.1. The van der Waals surface area contributed by atoms with Crippen molar-refractivity contribution < 1.29 is 14.0 Å². The molecule has 0 unspecified atom stereocenters. The quantitative estimate of drug-likeness (QED) is 0.805. The van der Waals surface area contributed by atoms with Crippen LogP contribution in [0.4, 0.5) is 0 Å². The topological polar surface area (TPSA) is 56.5 Å². The number of nitrogens with zero attached hydrogens (tertiary/aromatic N) is 1. The lowest BCUT2D eigenvalue weighted by molar-refractivity contribution is 0.00828. The maximum absolute atomic E-state index is 5.46. The summed E-state index contributed by atoms with van der Waals surface area (Å²) in [5, 5.41) is 7.57. The van der Waals surface area contributed by atoms with Gasteiger partial charge in [-0.15, -0.1) is 0 Å². The minimum Gasteiger partial charge on any atom is -0.497 e. The van der Waals surface area contributed by atoms with Crippen LogP contribution in [0.25, 0.3) is 11.3 Å². The number of hydrogen-bond acceptors (Lipinski definition) is 5. The molecule has 0 aliphatic heterocycles. The summed E-state index contributed by atoms with van der Waals surface area (Å²) in [7, 11) is 3.39. The van der Waals surface area contributed by atoms with Crippen molar-refractivity contribution in [1.29, 1.82) is 0 Å². The lowest BCUT2D eigenvalue weighted by Gasteiger charge is -2.26. The fourth-order valence-electron chi connectivity index (χ4n) is 2.48. The number of aromatic nitrogens is 1. The van der Waals surface area contributed by atoms with E-state index in [9.17, 15) is 0 Å². The summed E-state index contributed by atoms with van der Waals surface area (Å²) >= 11 is 0. The zero-order chi connectivity index (χ0) is 16.9. The molecule has 0 radical (unpaired) electrons. The molecule has 5 heteroatoms. The van der Waals surface area contributed by atoms with Crippen LogP contribution >= 0.6 is 0 Å². The Morgan fingerprint density at radius 2 is 2.04 bits per heavy atom. The zero-order valence-corrected chi connectivity index (χ0v) is 14.6. The van der Waals surface area contributed by atoms with E-state index in [1.807, 2.05) is 30.3 Å². The van der Waals surface area contributed by atoms with Crippen LogP contribution in [0.2, 0.25) is 0 Å². The predicted molar refractivity (Wildman–Crippen MR) is 90.5 cm³/mol. The lowest BCUT2D eigenvalue weighted by Crippen LogP contribution is -2.35. The van der Waals surface area contributed by atoms with Gasteiger partial charge >= 0.3 is 0 Å². The summed E-state index contributed by atoms with van der Waals surface area (Å²) in [6.45, 7) is 6.94. The van der Waals surface area contributed by atoms with Crippen LogP contribution in [0.3, 0.4) is 0 Å². The van der Waals surface area contributed by atoms with Gasteiger partial charge in [0.05, 0.1) is 19.3 Å². The third kappa shape index (κ3) is 5.08. The van der Waals surface area contributed by atoms with Gasteiger partial charge in [0, 0.05) is 24.8 Å². The van der Waals surface area contributed by atoms with Crippen molar-refractivity contribution >= 4 is 0 Å². The smallest absolute Gasteiger partial charge is 0.151 e. The van der Waals surface area contributed by atoms with E-state index < -0.39 is 0 Å². The lowest BCUT2D eigenvalue weighted by atomic mass is 10.00. The fourth-order valence-corrected chi connectivity index (χ4v) is 2.48. The van der Waals surface area contributed by atoms with E-state index in [0.29, 0.717) is 12.6 Å². The molecule has 0 aliphatic rings. The Bertz CT molecular complexity index is 622. The monoisotopic (exact) mass is 318 g/mol. The van der Waals surface area contributed by atoms with Crippen molar-refractivity contribution in [2.24, 2.45) is 0 Å². The third-order valence-electron chi connectivity index (χ3n) is 3.90. The predicted octanol–water partition coefficient (Wildman–Crippen LogP) is 3.64. The van der Waals surface area contributed by atoms with Crippen LogP contribution < -0.4 is 10.1 Å². The highest BCUT2D eigenvalue weighted by Gasteiger charge is 2.20. The van der Waals surface area contributed by atoms with E-state index in [0.717, 1.165) is 29.2 Å². The molecular formula is C18H26N2O3. The van der Waals surface area contributed by atoms with Crippen molar-refractivity contribution in [3.63, 3.8) is 0 Å². The summed E-state index contributed by atoms with van der Waals surface area (Å²) in [5.41, 5.74) is 1.65. The van der Waals surface area contributed by atoms with Gasteiger partial charge in [-0.2, -0.15) is 0 Å². The van der Waals surface area contributed by atoms with Crippen molar-refractivity contribution in [3.8, 4) is 17.0 Å². The maximum atomic E-state index is 5.46. The SMILES string of the molecule is COc1cccc(-c2cc(CN[C@H](C)CC(C)(C)OC)on2)c1. The second-order valence-electron chi connectivity index (χ2n) is 6.36. The molecule has 0 aliphatic carbocycles. The van der Waals surface area contributed by atoms with Crippen LogP contribution in [-0.4, -0.2) is 31.0 Å². The minimum atomic E-state index is -0.139. The Labute approximate surface area is 138 Å². The molecule has 1 atom stereocenters. The second kappa shape index (κ2) is 7.62. The number of rotatable bonds is 8. The average molecular weight is 318 g/mol. The molecule has 0 amide bonds. The van der Waals surface area contributed by atoms with E-state index in [4.69, 9.17) is 14.0 Å². The number of methoxy groups -OCH3 is 2. The van der Waals surface area contributed by atoms with E-state index in [1.54, 1.807) is 14.2 Å². The molecule has 0 saturated heterocycles. The summed E-state index contributed by atoms with van der Waals surface area (Å²) in [4.78, 5) is 0. The van der Waals surface area contributed by atoms with Gasteiger partial charge in [0.25, 0.3) is 0 Å². The molecule has 2 rings (SSSR count). The van der Waals surface area contributed by atoms with Crippen molar-refractivity contribution in [1.82, 2.24) is 10.5 Å². The molecule has 2 aromatic rings. The summed E-state index contributed by atoms with van der Waals surface area (Å²) < 4.78 is 16.1. The molecule has 1 aromatic carbocycles. The Hall–Kier alpha value is -1.85. The van der Waals surface area contributed by atoms with Gasteiger partial charge in [-0.25, -0.2) is 0 Å². The number of benzene rings is 1. The van der Waals surface area contributed by atoms with Crippen molar-refractivity contribution in [2.45, 2.75) is 45.4 Å². The van der Waals surface area contributed by atoms with E-state index in [1.165, 1.54) is 0 Å². The van der Waals surface area contributed by atoms with Gasteiger partial charge in [-0.1, -0.05) is 17.3 Å². The molecule has 1 heterocycles. The fraction of sp³-hybridized carbons (Fsp3) is 0.500. The standard InChI is InChI=1S/C18H26N2O3/c1-13(11-18(2,3)22-5)19-12-16-10-17(20-23-16)14-7-6-8-15(9-14)21-4/h6-10,13,19H,11-12H2,1-5H3/t13-/m1/s1. The van der Waals surface area contributed by atoms with Gasteiger partial charge in [-0.3, -0.25) is 0 Å².